The highest BCUT2D eigenvalue weighted by Gasteiger charge is 2.19. The molecule has 0 fully saturated rings. The van der Waals surface area contributed by atoms with Gasteiger partial charge in [-0.05, 0) is 26.8 Å². The van der Waals surface area contributed by atoms with Crippen molar-refractivity contribution in [3.8, 4) is 5.82 Å². The summed E-state index contributed by atoms with van der Waals surface area (Å²) in [5.74, 6) is 0.991. The Morgan fingerprint density at radius 1 is 0.969 bits per heavy atom. The second-order valence-electron chi connectivity index (χ2n) is 6.93. The van der Waals surface area contributed by atoms with Crippen LogP contribution in [0.5, 0.6) is 0 Å². The molecule has 0 aliphatic rings. The van der Waals surface area contributed by atoms with Gasteiger partial charge in [-0.3, -0.25) is 25.0 Å². The van der Waals surface area contributed by atoms with Crippen LogP contribution in [0, 0.1) is 41.0 Å². The van der Waals surface area contributed by atoms with Gasteiger partial charge in [0.2, 0.25) is 0 Å². The second kappa shape index (κ2) is 9.16. The molecule has 2 N–H and O–H groups in total. The number of rotatable bonds is 8. The van der Waals surface area contributed by atoms with E-state index in [2.05, 4.69) is 25.7 Å². The quantitative estimate of drug-likeness (QED) is 0.303. The van der Waals surface area contributed by atoms with Gasteiger partial charge in [-0.25, -0.2) is 14.6 Å². The Kier molecular flexibility index (Phi) is 6.37. The van der Waals surface area contributed by atoms with Crippen LogP contribution in [-0.2, 0) is 0 Å². The van der Waals surface area contributed by atoms with E-state index >= 15 is 0 Å². The van der Waals surface area contributed by atoms with Crippen molar-refractivity contribution in [2.75, 3.05) is 18.4 Å². The van der Waals surface area contributed by atoms with Crippen LogP contribution >= 0.6 is 0 Å². The lowest BCUT2D eigenvalue weighted by molar-refractivity contribution is -0.394. The maximum atomic E-state index is 12.3. The Bertz CT molecular complexity index is 1170. The molecule has 0 bridgehead atoms. The number of nitrogens with one attached hydrogen (secondary N) is 2. The van der Waals surface area contributed by atoms with E-state index in [4.69, 9.17) is 0 Å². The Labute approximate surface area is 181 Å². The van der Waals surface area contributed by atoms with Crippen LogP contribution in [-0.4, -0.2) is 48.6 Å². The molecule has 2 aromatic heterocycles. The third-order valence-corrected chi connectivity index (χ3v) is 4.35. The van der Waals surface area contributed by atoms with E-state index in [1.54, 1.807) is 17.7 Å². The molecule has 3 rings (SSSR count). The summed E-state index contributed by atoms with van der Waals surface area (Å²) in [6.45, 7) is 5.98. The zero-order chi connectivity index (χ0) is 23.4. The standard InChI is InChI=1S/C19H20N8O5/c1-11-6-12(2)25(24-11)18-10-17(22-13(3)23-18)20-4-5-21-19(28)14-7-15(26(29)30)9-16(8-14)27(31)32/h6-10H,4-5H2,1-3H3,(H,21,28)(H,20,22,23). The highest BCUT2D eigenvalue weighted by molar-refractivity contribution is 5.95. The predicted molar refractivity (Wildman–Crippen MR) is 114 cm³/mol. The summed E-state index contributed by atoms with van der Waals surface area (Å²) >= 11 is 0. The number of aromatic nitrogens is 4. The Balaban J connectivity index is 1.64. The van der Waals surface area contributed by atoms with Crippen LogP contribution in [0.2, 0.25) is 0 Å². The van der Waals surface area contributed by atoms with E-state index in [1.807, 2.05) is 19.9 Å². The van der Waals surface area contributed by atoms with Crippen LogP contribution in [0.25, 0.3) is 5.82 Å². The van der Waals surface area contributed by atoms with E-state index in [9.17, 15) is 25.0 Å². The molecular formula is C19H20N8O5. The summed E-state index contributed by atoms with van der Waals surface area (Å²) in [4.78, 5) is 41.4. The van der Waals surface area contributed by atoms with Gasteiger partial charge in [0.15, 0.2) is 5.82 Å². The molecule has 13 nitrogen and oxygen atoms in total. The summed E-state index contributed by atoms with van der Waals surface area (Å²) in [5, 5.41) is 32.0. The first-order valence-electron chi connectivity index (χ1n) is 9.49. The number of anilines is 1. The van der Waals surface area contributed by atoms with Crippen LogP contribution in [0.15, 0.2) is 30.3 Å². The van der Waals surface area contributed by atoms with E-state index in [0.717, 1.165) is 29.6 Å². The zero-order valence-corrected chi connectivity index (χ0v) is 17.5. The van der Waals surface area contributed by atoms with Crippen molar-refractivity contribution in [3.63, 3.8) is 0 Å². The van der Waals surface area contributed by atoms with Crippen LogP contribution in [0.4, 0.5) is 17.2 Å². The lowest BCUT2D eigenvalue weighted by atomic mass is 10.1. The minimum atomic E-state index is -0.789. The molecule has 0 spiro atoms. The normalized spacial score (nSPS) is 10.6. The maximum Gasteiger partial charge on any atom is 0.277 e. The van der Waals surface area contributed by atoms with Crippen molar-refractivity contribution >= 4 is 23.1 Å². The van der Waals surface area contributed by atoms with Crippen molar-refractivity contribution in [3.05, 3.63) is 73.3 Å². The number of nitro benzene ring substituents is 2. The average molecular weight is 440 g/mol. The van der Waals surface area contributed by atoms with Crippen LogP contribution in [0.3, 0.4) is 0 Å². The van der Waals surface area contributed by atoms with Crippen molar-refractivity contribution in [1.29, 1.82) is 0 Å². The molecule has 32 heavy (non-hydrogen) atoms. The SMILES string of the molecule is Cc1cc(C)n(-c2cc(NCCNC(=O)c3cc([N+](=O)[O-])cc([N+](=O)[O-])c3)nc(C)n2)n1. The smallest absolute Gasteiger partial charge is 0.277 e. The number of carbonyl (C=O) groups is 1. The fourth-order valence-electron chi connectivity index (χ4n) is 3.02. The van der Waals surface area contributed by atoms with Crippen LogP contribution < -0.4 is 10.6 Å². The third kappa shape index (κ3) is 5.19. The zero-order valence-electron chi connectivity index (χ0n) is 17.5. The second-order valence-corrected chi connectivity index (χ2v) is 6.93. The lowest BCUT2D eigenvalue weighted by Crippen LogP contribution is -2.29. The average Bonchev–Trinajstić information content (AvgIpc) is 3.08. The number of hydrogen-bond donors (Lipinski definition) is 2. The van der Waals surface area contributed by atoms with E-state index in [1.165, 1.54) is 0 Å². The molecule has 1 aromatic carbocycles. The number of amides is 1. The monoisotopic (exact) mass is 440 g/mol. The van der Waals surface area contributed by atoms with Gasteiger partial charge in [0.05, 0.1) is 27.2 Å². The van der Waals surface area contributed by atoms with Crippen molar-refractivity contribution in [2.45, 2.75) is 20.8 Å². The summed E-state index contributed by atoms with van der Waals surface area (Å²) in [6, 6.07) is 6.43. The van der Waals surface area contributed by atoms with Crippen molar-refractivity contribution < 1.29 is 14.6 Å². The maximum absolute atomic E-state index is 12.3. The molecule has 1 amide bonds. The molecular weight excluding hydrogens is 420 g/mol. The molecule has 166 valence electrons. The van der Waals surface area contributed by atoms with Gasteiger partial charge in [-0.1, -0.05) is 0 Å². The molecule has 2 heterocycles. The molecule has 0 saturated carbocycles. The first kappa shape index (κ1) is 22.3. The van der Waals surface area contributed by atoms with E-state index < -0.39 is 27.1 Å². The van der Waals surface area contributed by atoms with Gasteiger partial charge in [0.1, 0.15) is 11.6 Å². The third-order valence-electron chi connectivity index (χ3n) is 4.35. The number of nitro groups is 2. The van der Waals surface area contributed by atoms with Gasteiger partial charge in [0.25, 0.3) is 17.3 Å². The molecule has 13 heteroatoms. The summed E-state index contributed by atoms with van der Waals surface area (Å²) in [6.07, 6.45) is 0. The molecule has 0 saturated heterocycles. The minimum Gasteiger partial charge on any atom is -0.368 e. The molecule has 0 aliphatic heterocycles. The van der Waals surface area contributed by atoms with Crippen molar-refractivity contribution in [1.82, 2.24) is 25.1 Å². The fraction of sp³-hybridized carbons (Fsp3) is 0.263. The first-order chi connectivity index (χ1) is 15.1. The van der Waals surface area contributed by atoms with E-state index in [0.29, 0.717) is 17.5 Å². The molecule has 0 unspecified atom stereocenters. The summed E-state index contributed by atoms with van der Waals surface area (Å²) in [5.41, 5.74) is 0.545. The number of nitrogens with zero attached hydrogens (tertiary/aromatic N) is 6. The topological polar surface area (TPSA) is 171 Å². The number of aryl methyl sites for hydroxylation is 3. The van der Waals surface area contributed by atoms with Gasteiger partial charge in [-0.15, -0.1) is 0 Å². The van der Waals surface area contributed by atoms with Gasteiger partial charge in [-0.2, -0.15) is 5.10 Å². The van der Waals surface area contributed by atoms with E-state index in [-0.39, 0.29) is 18.7 Å². The Hall–Kier alpha value is -4.42. The van der Waals surface area contributed by atoms with Gasteiger partial charge >= 0.3 is 0 Å². The summed E-state index contributed by atoms with van der Waals surface area (Å²) < 4.78 is 1.70. The highest BCUT2D eigenvalue weighted by Crippen LogP contribution is 2.22. The number of carbonyl (C=O) groups excluding carboxylic acids is 1. The number of benzene rings is 1. The molecule has 0 radical (unpaired) electrons. The van der Waals surface area contributed by atoms with Gasteiger partial charge < -0.3 is 10.6 Å². The largest absolute Gasteiger partial charge is 0.368 e. The Morgan fingerprint density at radius 3 is 2.19 bits per heavy atom. The fourth-order valence-corrected chi connectivity index (χ4v) is 3.02. The Morgan fingerprint density at radius 2 is 1.62 bits per heavy atom. The summed E-state index contributed by atoms with van der Waals surface area (Å²) in [7, 11) is 0. The predicted octanol–water partition coefficient (Wildman–Crippen LogP) is 2.25. The molecule has 3 aromatic rings. The van der Waals surface area contributed by atoms with Crippen LogP contribution in [0.1, 0.15) is 27.6 Å². The number of non-ortho nitro benzene ring substituents is 2. The highest BCUT2D eigenvalue weighted by atomic mass is 16.6. The lowest BCUT2D eigenvalue weighted by Gasteiger charge is -2.10. The molecule has 0 aliphatic carbocycles. The minimum absolute atomic E-state index is 0.146. The first-order valence-corrected chi connectivity index (χ1v) is 9.49. The molecule has 0 atom stereocenters. The number of hydrogen-bond acceptors (Lipinski definition) is 9. The van der Waals surface area contributed by atoms with Crippen molar-refractivity contribution in [2.24, 2.45) is 0 Å². The van der Waals surface area contributed by atoms with Gasteiger partial charge in [0, 0.05) is 37.0 Å².